The molecule has 0 radical (unpaired) electrons. The first-order valence-corrected chi connectivity index (χ1v) is 5.22. The highest BCUT2D eigenvalue weighted by Crippen LogP contribution is 2.30. The molecule has 0 amide bonds. The Morgan fingerprint density at radius 2 is 2.27 bits per heavy atom. The Morgan fingerprint density at radius 3 is 3.00 bits per heavy atom. The number of aliphatic hydroxyl groups is 1. The Labute approximate surface area is 88.7 Å². The lowest BCUT2D eigenvalue weighted by molar-refractivity contribution is -0.0451. The standard InChI is InChI=1S/C12H15FO2/c1-8-2-3-9(13)6-11(8)12-7-10(14)4-5-15-12/h2-3,6,10,12,14H,4-5,7H2,1H3. The third-order valence-corrected chi connectivity index (χ3v) is 2.84. The Kier molecular flexibility index (Phi) is 3.03. The first kappa shape index (κ1) is 10.6. The fourth-order valence-electron chi connectivity index (χ4n) is 1.95. The van der Waals surface area contributed by atoms with Gasteiger partial charge in [-0.3, -0.25) is 0 Å². The van der Waals surface area contributed by atoms with Gasteiger partial charge in [-0.15, -0.1) is 0 Å². The highest BCUT2D eigenvalue weighted by molar-refractivity contribution is 5.29. The van der Waals surface area contributed by atoms with E-state index in [1.165, 1.54) is 12.1 Å². The largest absolute Gasteiger partial charge is 0.393 e. The van der Waals surface area contributed by atoms with Crippen molar-refractivity contribution in [1.29, 1.82) is 0 Å². The maximum Gasteiger partial charge on any atom is 0.123 e. The summed E-state index contributed by atoms with van der Waals surface area (Å²) < 4.78 is 18.6. The second-order valence-corrected chi connectivity index (χ2v) is 4.04. The minimum atomic E-state index is -0.327. The Bertz CT molecular complexity index is 351. The average molecular weight is 210 g/mol. The summed E-state index contributed by atoms with van der Waals surface area (Å²) in [6, 6.07) is 4.69. The summed E-state index contributed by atoms with van der Waals surface area (Å²) in [6.45, 7) is 2.47. The van der Waals surface area contributed by atoms with Gasteiger partial charge in [0.25, 0.3) is 0 Å². The van der Waals surface area contributed by atoms with E-state index in [1.54, 1.807) is 6.07 Å². The van der Waals surface area contributed by atoms with Crippen LogP contribution in [0.2, 0.25) is 0 Å². The minimum Gasteiger partial charge on any atom is -0.393 e. The Hall–Kier alpha value is -0.930. The van der Waals surface area contributed by atoms with E-state index in [-0.39, 0.29) is 18.0 Å². The third kappa shape index (κ3) is 2.36. The van der Waals surface area contributed by atoms with Gasteiger partial charge in [0.15, 0.2) is 0 Å². The van der Waals surface area contributed by atoms with Crippen molar-refractivity contribution in [2.75, 3.05) is 6.61 Å². The van der Waals surface area contributed by atoms with Crippen molar-refractivity contribution in [2.45, 2.75) is 32.0 Å². The van der Waals surface area contributed by atoms with Gasteiger partial charge in [-0.25, -0.2) is 4.39 Å². The molecule has 1 N–H and O–H groups in total. The maximum atomic E-state index is 13.1. The molecule has 15 heavy (non-hydrogen) atoms. The third-order valence-electron chi connectivity index (χ3n) is 2.84. The van der Waals surface area contributed by atoms with Crippen molar-refractivity contribution in [3.05, 3.63) is 35.1 Å². The predicted octanol–water partition coefficient (Wildman–Crippen LogP) is 2.35. The number of hydrogen-bond donors (Lipinski definition) is 1. The summed E-state index contributed by atoms with van der Waals surface area (Å²) in [5.74, 6) is -0.251. The summed E-state index contributed by atoms with van der Waals surface area (Å²) in [5.41, 5.74) is 1.87. The normalized spacial score (nSPS) is 26.6. The highest BCUT2D eigenvalue weighted by Gasteiger charge is 2.23. The number of hydrogen-bond acceptors (Lipinski definition) is 2. The lowest BCUT2D eigenvalue weighted by Gasteiger charge is -2.27. The van der Waals surface area contributed by atoms with E-state index < -0.39 is 0 Å². The number of benzene rings is 1. The van der Waals surface area contributed by atoms with Gasteiger partial charge in [-0.2, -0.15) is 0 Å². The van der Waals surface area contributed by atoms with E-state index in [4.69, 9.17) is 4.74 Å². The molecule has 1 aromatic rings. The molecular weight excluding hydrogens is 195 g/mol. The van der Waals surface area contributed by atoms with E-state index in [9.17, 15) is 9.50 Å². The molecule has 2 unspecified atom stereocenters. The summed E-state index contributed by atoms with van der Waals surface area (Å²) in [4.78, 5) is 0. The molecule has 1 fully saturated rings. The molecule has 1 aliphatic rings. The van der Waals surface area contributed by atoms with Crippen LogP contribution in [-0.2, 0) is 4.74 Å². The van der Waals surface area contributed by atoms with Crippen LogP contribution in [0.25, 0.3) is 0 Å². The van der Waals surface area contributed by atoms with Gasteiger partial charge in [-0.05, 0) is 36.6 Å². The number of aryl methyl sites for hydroxylation is 1. The molecule has 3 heteroatoms. The minimum absolute atomic E-state index is 0.163. The monoisotopic (exact) mass is 210 g/mol. The zero-order valence-corrected chi connectivity index (χ0v) is 8.74. The second-order valence-electron chi connectivity index (χ2n) is 4.04. The van der Waals surface area contributed by atoms with Crippen molar-refractivity contribution < 1.29 is 14.2 Å². The van der Waals surface area contributed by atoms with Gasteiger partial charge in [0, 0.05) is 13.0 Å². The van der Waals surface area contributed by atoms with Crippen LogP contribution >= 0.6 is 0 Å². The predicted molar refractivity (Wildman–Crippen MR) is 55.1 cm³/mol. The summed E-state index contributed by atoms with van der Waals surface area (Å²) in [7, 11) is 0. The average Bonchev–Trinajstić information content (AvgIpc) is 2.22. The van der Waals surface area contributed by atoms with Crippen LogP contribution in [0.15, 0.2) is 18.2 Å². The highest BCUT2D eigenvalue weighted by atomic mass is 19.1. The number of aliphatic hydroxyl groups excluding tert-OH is 1. The van der Waals surface area contributed by atoms with Gasteiger partial charge < -0.3 is 9.84 Å². The zero-order valence-electron chi connectivity index (χ0n) is 8.74. The number of halogens is 1. The summed E-state index contributed by atoms with van der Waals surface area (Å²) in [5, 5.41) is 9.53. The SMILES string of the molecule is Cc1ccc(F)cc1C1CC(O)CCO1. The van der Waals surface area contributed by atoms with Gasteiger partial charge >= 0.3 is 0 Å². The van der Waals surface area contributed by atoms with E-state index >= 15 is 0 Å². The van der Waals surface area contributed by atoms with Crippen LogP contribution in [0.1, 0.15) is 30.1 Å². The molecule has 0 saturated carbocycles. The van der Waals surface area contributed by atoms with Crippen molar-refractivity contribution in [3.8, 4) is 0 Å². The van der Waals surface area contributed by atoms with E-state index in [0.29, 0.717) is 19.4 Å². The van der Waals surface area contributed by atoms with Crippen molar-refractivity contribution >= 4 is 0 Å². The van der Waals surface area contributed by atoms with Crippen LogP contribution in [0.4, 0.5) is 4.39 Å². The molecule has 2 nitrogen and oxygen atoms in total. The van der Waals surface area contributed by atoms with Gasteiger partial charge in [0.2, 0.25) is 0 Å². The molecule has 1 aliphatic heterocycles. The first-order valence-electron chi connectivity index (χ1n) is 5.22. The van der Waals surface area contributed by atoms with Gasteiger partial charge in [0.05, 0.1) is 12.2 Å². The van der Waals surface area contributed by atoms with Crippen LogP contribution < -0.4 is 0 Å². The van der Waals surface area contributed by atoms with E-state index in [0.717, 1.165) is 11.1 Å². The maximum absolute atomic E-state index is 13.1. The molecule has 0 aliphatic carbocycles. The molecule has 0 spiro atoms. The Morgan fingerprint density at radius 1 is 1.47 bits per heavy atom. The lowest BCUT2D eigenvalue weighted by Crippen LogP contribution is -2.23. The Balaban J connectivity index is 2.24. The van der Waals surface area contributed by atoms with Crippen LogP contribution in [0, 0.1) is 12.7 Å². The van der Waals surface area contributed by atoms with Gasteiger partial charge in [-0.1, -0.05) is 6.07 Å². The molecule has 2 atom stereocenters. The fourth-order valence-corrected chi connectivity index (χ4v) is 1.95. The zero-order chi connectivity index (χ0) is 10.8. The number of ether oxygens (including phenoxy) is 1. The van der Waals surface area contributed by atoms with Crippen LogP contribution in [0.5, 0.6) is 0 Å². The molecule has 1 aromatic carbocycles. The molecule has 1 heterocycles. The first-order chi connectivity index (χ1) is 7.16. The summed E-state index contributed by atoms with van der Waals surface area (Å²) in [6.07, 6.45) is 0.741. The molecule has 82 valence electrons. The van der Waals surface area contributed by atoms with Crippen molar-refractivity contribution in [1.82, 2.24) is 0 Å². The molecule has 1 saturated heterocycles. The lowest BCUT2D eigenvalue weighted by atomic mass is 9.96. The molecule has 2 rings (SSSR count). The molecule has 0 aromatic heterocycles. The van der Waals surface area contributed by atoms with Crippen LogP contribution in [-0.4, -0.2) is 17.8 Å². The van der Waals surface area contributed by atoms with Crippen molar-refractivity contribution in [2.24, 2.45) is 0 Å². The molecule has 0 bridgehead atoms. The molecular formula is C12H15FO2. The van der Waals surface area contributed by atoms with E-state index in [2.05, 4.69) is 0 Å². The van der Waals surface area contributed by atoms with E-state index in [1.807, 2.05) is 6.92 Å². The second kappa shape index (κ2) is 4.29. The fraction of sp³-hybridized carbons (Fsp3) is 0.500. The number of rotatable bonds is 1. The van der Waals surface area contributed by atoms with Crippen molar-refractivity contribution in [3.63, 3.8) is 0 Å². The quantitative estimate of drug-likeness (QED) is 0.771. The topological polar surface area (TPSA) is 29.5 Å². The van der Waals surface area contributed by atoms with Gasteiger partial charge in [0.1, 0.15) is 5.82 Å². The van der Waals surface area contributed by atoms with Crippen LogP contribution in [0.3, 0.4) is 0 Å². The summed E-state index contributed by atoms with van der Waals surface area (Å²) >= 11 is 0. The smallest absolute Gasteiger partial charge is 0.123 e.